The van der Waals surface area contributed by atoms with E-state index in [2.05, 4.69) is 15.9 Å². The van der Waals surface area contributed by atoms with Crippen LogP contribution in [0.3, 0.4) is 0 Å². The van der Waals surface area contributed by atoms with Crippen molar-refractivity contribution in [3.05, 3.63) is 50.7 Å². The predicted octanol–water partition coefficient (Wildman–Crippen LogP) is 3.11. The number of nitro groups is 1. The molecule has 1 aromatic heterocycles. The van der Waals surface area contributed by atoms with Crippen LogP contribution in [0.25, 0.3) is 11.3 Å². The fourth-order valence-corrected chi connectivity index (χ4v) is 1.99. The van der Waals surface area contributed by atoms with Gasteiger partial charge in [0.15, 0.2) is 0 Å². The third-order valence-corrected chi connectivity index (χ3v) is 2.90. The quantitative estimate of drug-likeness (QED) is 0.697. The Morgan fingerprint density at radius 3 is 2.65 bits per heavy atom. The molecule has 0 amide bonds. The minimum Gasteiger partial charge on any atom is -0.459 e. The first-order valence-corrected chi connectivity index (χ1v) is 5.55. The molecule has 5 nitrogen and oxygen atoms in total. The van der Waals surface area contributed by atoms with Crippen LogP contribution >= 0.6 is 15.9 Å². The van der Waals surface area contributed by atoms with Crippen LogP contribution in [0.1, 0.15) is 5.76 Å². The van der Waals surface area contributed by atoms with Gasteiger partial charge in [-0.1, -0.05) is 0 Å². The summed E-state index contributed by atoms with van der Waals surface area (Å²) in [6, 6.07) is 7.78. The van der Waals surface area contributed by atoms with Gasteiger partial charge >= 0.3 is 0 Å². The zero-order valence-corrected chi connectivity index (χ0v) is 10.2. The van der Waals surface area contributed by atoms with Gasteiger partial charge in [0.25, 0.3) is 5.69 Å². The normalized spacial score (nSPS) is 10.5. The highest BCUT2D eigenvalue weighted by Crippen LogP contribution is 2.32. The SMILES string of the molecule is O=[N+]([O-])c1ccc(-c2ccc(CO)o2)c(Br)c1. The number of furan rings is 1. The molecule has 0 saturated carbocycles. The summed E-state index contributed by atoms with van der Waals surface area (Å²) in [5.74, 6) is 1.00. The molecule has 6 heteroatoms. The van der Waals surface area contributed by atoms with E-state index in [1.807, 2.05) is 0 Å². The Labute approximate surface area is 105 Å². The average molecular weight is 298 g/mol. The van der Waals surface area contributed by atoms with Gasteiger partial charge in [-0.3, -0.25) is 10.1 Å². The van der Waals surface area contributed by atoms with Gasteiger partial charge < -0.3 is 9.52 Å². The van der Waals surface area contributed by atoms with E-state index in [0.717, 1.165) is 0 Å². The van der Waals surface area contributed by atoms with Crippen molar-refractivity contribution in [2.75, 3.05) is 0 Å². The van der Waals surface area contributed by atoms with Crippen molar-refractivity contribution >= 4 is 21.6 Å². The van der Waals surface area contributed by atoms with E-state index >= 15 is 0 Å². The zero-order valence-electron chi connectivity index (χ0n) is 8.59. The van der Waals surface area contributed by atoms with Crippen molar-refractivity contribution in [1.29, 1.82) is 0 Å². The fraction of sp³-hybridized carbons (Fsp3) is 0.0909. The lowest BCUT2D eigenvalue weighted by molar-refractivity contribution is -0.384. The number of non-ortho nitro benzene ring substituents is 1. The Balaban J connectivity index is 2.42. The summed E-state index contributed by atoms with van der Waals surface area (Å²) >= 11 is 3.26. The molecular formula is C11H8BrNO4. The zero-order chi connectivity index (χ0) is 12.4. The number of hydrogen-bond acceptors (Lipinski definition) is 4. The Bertz CT molecular complexity index is 564. The second kappa shape index (κ2) is 4.68. The van der Waals surface area contributed by atoms with Crippen molar-refractivity contribution < 1.29 is 14.4 Å². The molecule has 1 N–H and O–H groups in total. The minimum atomic E-state index is -0.462. The summed E-state index contributed by atoms with van der Waals surface area (Å²) in [5.41, 5.74) is 0.713. The number of hydrogen-bond donors (Lipinski definition) is 1. The number of rotatable bonds is 3. The summed E-state index contributed by atoms with van der Waals surface area (Å²) < 4.78 is 5.92. The maximum Gasteiger partial charge on any atom is 0.270 e. The smallest absolute Gasteiger partial charge is 0.270 e. The highest BCUT2D eigenvalue weighted by Gasteiger charge is 2.12. The molecule has 0 atom stereocenters. The topological polar surface area (TPSA) is 76.5 Å². The summed E-state index contributed by atoms with van der Waals surface area (Å²) in [7, 11) is 0. The molecule has 1 aromatic carbocycles. The van der Waals surface area contributed by atoms with Crippen LogP contribution in [0.4, 0.5) is 5.69 Å². The van der Waals surface area contributed by atoms with Crippen LogP contribution in [-0.2, 0) is 6.61 Å². The summed E-state index contributed by atoms with van der Waals surface area (Å²) in [5, 5.41) is 19.5. The molecule has 0 radical (unpaired) electrons. The van der Waals surface area contributed by atoms with Crippen LogP contribution < -0.4 is 0 Å². The van der Waals surface area contributed by atoms with E-state index in [9.17, 15) is 10.1 Å². The van der Waals surface area contributed by atoms with Crippen molar-refractivity contribution in [3.8, 4) is 11.3 Å². The number of halogens is 1. The number of aliphatic hydroxyl groups excluding tert-OH is 1. The first-order chi connectivity index (χ1) is 8.11. The van der Waals surface area contributed by atoms with Crippen molar-refractivity contribution in [2.24, 2.45) is 0 Å². The second-order valence-corrected chi connectivity index (χ2v) is 4.20. The van der Waals surface area contributed by atoms with E-state index in [1.54, 1.807) is 18.2 Å². The number of aliphatic hydroxyl groups is 1. The van der Waals surface area contributed by atoms with Crippen molar-refractivity contribution in [2.45, 2.75) is 6.61 Å². The van der Waals surface area contributed by atoms with E-state index in [-0.39, 0.29) is 12.3 Å². The third kappa shape index (κ3) is 2.37. The fourth-order valence-electron chi connectivity index (χ4n) is 1.43. The molecular weight excluding hydrogens is 290 g/mol. The molecule has 0 spiro atoms. The molecule has 0 aliphatic rings. The van der Waals surface area contributed by atoms with Gasteiger partial charge in [-0.25, -0.2) is 0 Å². The van der Waals surface area contributed by atoms with Gasteiger partial charge in [0, 0.05) is 22.2 Å². The lowest BCUT2D eigenvalue weighted by atomic mass is 10.1. The predicted molar refractivity (Wildman–Crippen MR) is 64.4 cm³/mol. The van der Waals surface area contributed by atoms with E-state index in [4.69, 9.17) is 9.52 Å². The highest BCUT2D eigenvalue weighted by atomic mass is 79.9. The Morgan fingerprint density at radius 1 is 1.35 bits per heavy atom. The molecule has 2 rings (SSSR count). The highest BCUT2D eigenvalue weighted by molar-refractivity contribution is 9.10. The average Bonchev–Trinajstić information content (AvgIpc) is 2.77. The van der Waals surface area contributed by atoms with E-state index in [0.29, 0.717) is 21.6 Å². The van der Waals surface area contributed by atoms with Crippen molar-refractivity contribution in [1.82, 2.24) is 0 Å². The molecule has 2 aromatic rings. The van der Waals surface area contributed by atoms with Crippen LogP contribution in [0.2, 0.25) is 0 Å². The first kappa shape index (κ1) is 11.8. The van der Waals surface area contributed by atoms with E-state index in [1.165, 1.54) is 12.1 Å². The van der Waals surface area contributed by atoms with Crippen LogP contribution in [0.5, 0.6) is 0 Å². The standard InChI is InChI=1S/C11H8BrNO4/c12-10-5-7(13(15)16)1-3-9(10)11-4-2-8(6-14)17-11/h1-5,14H,6H2. The van der Waals surface area contributed by atoms with Gasteiger partial charge in [-0.05, 0) is 34.1 Å². The Hall–Kier alpha value is -1.66. The molecule has 1 heterocycles. The molecule has 0 unspecified atom stereocenters. The third-order valence-electron chi connectivity index (χ3n) is 2.25. The van der Waals surface area contributed by atoms with Gasteiger partial charge in [-0.2, -0.15) is 0 Å². The number of nitrogens with zero attached hydrogens (tertiary/aromatic N) is 1. The van der Waals surface area contributed by atoms with Crippen molar-refractivity contribution in [3.63, 3.8) is 0 Å². The maximum atomic E-state index is 10.6. The molecule has 88 valence electrons. The lowest BCUT2D eigenvalue weighted by Gasteiger charge is -2.00. The van der Waals surface area contributed by atoms with Gasteiger partial charge in [-0.15, -0.1) is 0 Å². The Kier molecular flexibility index (Phi) is 3.26. The Morgan fingerprint density at radius 2 is 2.12 bits per heavy atom. The summed E-state index contributed by atoms with van der Waals surface area (Å²) in [6.45, 7) is -0.176. The maximum absolute atomic E-state index is 10.6. The van der Waals surface area contributed by atoms with Crippen LogP contribution in [0, 0.1) is 10.1 Å². The second-order valence-electron chi connectivity index (χ2n) is 3.35. The first-order valence-electron chi connectivity index (χ1n) is 4.75. The van der Waals surface area contributed by atoms with E-state index < -0.39 is 4.92 Å². The summed E-state index contributed by atoms with van der Waals surface area (Å²) in [6.07, 6.45) is 0. The molecule has 0 aliphatic heterocycles. The van der Waals surface area contributed by atoms with Gasteiger partial charge in [0.2, 0.25) is 0 Å². The monoisotopic (exact) mass is 297 g/mol. The number of nitro benzene ring substituents is 1. The molecule has 0 bridgehead atoms. The molecule has 0 aliphatic carbocycles. The van der Waals surface area contributed by atoms with Crippen LogP contribution in [0.15, 0.2) is 39.2 Å². The molecule has 0 saturated heterocycles. The summed E-state index contributed by atoms with van der Waals surface area (Å²) in [4.78, 5) is 10.1. The van der Waals surface area contributed by atoms with Gasteiger partial charge in [0.05, 0.1) is 4.92 Å². The molecule has 17 heavy (non-hydrogen) atoms. The molecule has 0 fully saturated rings. The largest absolute Gasteiger partial charge is 0.459 e. The lowest BCUT2D eigenvalue weighted by Crippen LogP contribution is -1.88. The van der Waals surface area contributed by atoms with Crippen LogP contribution in [-0.4, -0.2) is 10.0 Å². The van der Waals surface area contributed by atoms with Gasteiger partial charge in [0.1, 0.15) is 18.1 Å². The number of benzene rings is 1. The minimum absolute atomic E-state index is 0.00885.